The van der Waals surface area contributed by atoms with E-state index in [0.29, 0.717) is 16.4 Å². The van der Waals surface area contributed by atoms with E-state index in [-0.39, 0.29) is 24.9 Å². The van der Waals surface area contributed by atoms with E-state index in [2.05, 4.69) is 5.32 Å². The molecule has 0 spiro atoms. The average molecular weight is 240 g/mol. The second-order valence-corrected chi connectivity index (χ2v) is 3.87. The summed E-state index contributed by atoms with van der Waals surface area (Å²) in [6.45, 7) is 0.0290. The fourth-order valence-corrected chi connectivity index (χ4v) is 1.61. The number of rotatable bonds is 1. The van der Waals surface area contributed by atoms with Crippen LogP contribution in [-0.2, 0) is 9.59 Å². The summed E-state index contributed by atoms with van der Waals surface area (Å²) < 4.78 is 0. The van der Waals surface area contributed by atoms with Crippen molar-refractivity contribution in [3.63, 3.8) is 0 Å². The molecule has 5 nitrogen and oxygen atoms in total. The monoisotopic (exact) mass is 239 g/mol. The molecule has 2 rings (SSSR count). The second kappa shape index (κ2) is 4.02. The highest BCUT2D eigenvalue weighted by Crippen LogP contribution is 2.25. The van der Waals surface area contributed by atoms with Gasteiger partial charge in [-0.3, -0.25) is 9.59 Å². The van der Waals surface area contributed by atoms with Gasteiger partial charge >= 0.3 is 0 Å². The highest BCUT2D eigenvalue weighted by Gasteiger charge is 2.24. The Kier molecular flexibility index (Phi) is 2.70. The van der Waals surface area contributed by atoms with Gasteiger partial charge in [-0.15, -0.1) is 0 Å². The molecular weight excluding hydrogens is 230 g/mol. The van der Waals surface area contributed by atoms with Gasteiger partial charge in [0.15, 0.2) is 0 Å². The lowest BCUT2D eigenvalue weighted by Crippen LogP contribution is -2.51. The van der Waals surface area contributed by atoms with Crippen LogP contribution in [0.3, 0.4) is 0 Å². The first-order chi connectivity index (χ1) is 7.58. The standard InChI is InChI=1S/C10H10ClN3O2/c11-7-2-1-6(3-8(7)12)14-5-9(15)13-4-10(14)16/h1-3H,4-5,12H2,(H,13,15). The lowest BCUT2D eigenvalue weighted by Gasteiger charge is -2.26. The lowest BCUT2D eigenvalue weighted by molar-refractivity contribution is -0.128. The van der Waals surface area contributed by atoms with E-state index < -0.39 is 0 Å². The molecule has 0 atom stereocenters. The van der Waals surface area contributed by atoms with Gasteiger partial charge in [0, 0.05) is 5.69 Å². The van der Waals surface area contributed by atoms with E-state index in [4.69, 9.17) is 17.3 Å². The molecule has 0 aromatic heterocycles. The predicted octanol–water partition coefficient (Wildman–Crippen LogP) is 0.385. The number of anilines is 2. The molecule has 0 aliphatic carbocycles. The Morgan fingerprint density at radius 2 is 2.12 bits per heavy atom. The number of hydrogen-bond acceptors (Lipinski definition) is 3. The molecule has 1 aliphatic heterocycles. The summed E-state index contributed by atoms with van der Waals surface area (Å²) in [7, 11) is 0. The molecule has 84 valence electrons. The maximum absolute atomic E-state index is 11.6. The van der Waals surface area contributed by atoms with Gasteiger partial charge in [-0.2, -0.15) is 0 Å². The largest absolute Gasteiger partial charge is 0.397 e. The van der Waals surface area contributed by atoms with Gasteiger partial charge in [0.1, 0.15) is 6.54 Å². The Balaban J connectivity index is 2.31. The number of piperazine rings is 1. The van der Waals surface area contributed by atoms with E-state index in [1.807, 2.05) is 0 Å². The molecule has 16 heavy (non-hydrogen) atoms. The number of nitrogens with two attached hydrogens (primary N) is 1. The Labute approximate surface area is 97.2 Å². The third-order valence-electron chi connectivity index (χ3n) is 2.33. The van der Waals surface area contributed by atoms with Gasteiger partial charge in [0.2, 0.25) is 11.8 Å². The molecule has 1 saturated heterocycles. The lowest BCUT2D eigenvalue weighted by atomic mass is 10.2. The number of halogens is 1. The van der Waals surface area contributed by atoms with Crippen LogP contribution in [0.4, 0.5) is 11.4 Å². The summed E-state index contributed by atoms with van der Waals surface area (Å²) in [5.74, 6) is -0.352. The van der Waals surface area contributed by atoms with E-state index in [9.17, 15) is 9.59 Å². The minimum Gasteiger partial charge on any atom is -0.397 e. The number of carbonyl (C=O) groups excluding carboxylic acids is 2. The smallest absolute Gasteiger partial charge is 0.246 e. The molecule has 0 bridgehead atoms. The van der Waals surface area contributed by atoms with Crippen LogP contribution >= 0.6 is 11.6 Å². The Morgan fingerprint density at radius 1 is 1.38 bits per heavy atom. The van der Waals surface area contributed by atoms with E-state index in [1.54, 1.807) is 18.2 Å². The van der Waals surface area contributed by atoms with Crippen LogP contribution in [0.25, 0.3) is 0 Å². The number of nitrogen functional groups attached to an aromatic ring is 1. The molecule has 0 unspecified atom stereocenters. The molecule has 1 aromatic rings. The first-order valence-electron chi connectivity index (χ1n) is 4.70. The first-order valence-corrected chi connectivity index (χ1v) is 5.08. The second-order valence-electron chi connectivity index (χ2n) is 3.46. The van der Waals surface area contributed by atoms with E-state index in [1.165, 1.54) is 4.90 Å². The molecule has 6 heteroatoms. The Hall–Kier alpha value is -1.75. The van der Waals surface area contributed by atoms with Crippen molar-refractivity contribution in [2.45, 2.75) is 0 Å². The van der Waals surface area contributed by atoms with Crippen LogP contribution in [0.1, 0.15) is 0 Å². The number of benzene rings is 1. The van der Waals surface area contributed by atoms with Gasteiger partial charge in [-0.05, 0) is 18.2 Å². The van der Waals surface area contributed by atoms with Crippen LogP contribution in [0.2, 0.25) is 5.02 Å². The van der Waals surface area contributed by atoms with Gasteiger partial charge in [0.05, 0.1) is 17.3 Å². The number of amides is 2. The molecule has 1 aliphatic rings. The van der Waals surface area contributed by atoms with E-state index in [0.717, 1.165) is 0 Å². The van der Waals surface area contributed by atoms with Gasteiger partial charge in [-0.1, -0.05) is 11.6 Å². The maximum Gasteiger partial charge on any atom is 0.246 e. The van der Waals surface area contributed by atoms with Crippen molar-refractivity contribution in [2.24, 2.45) is 0 Å². The summed E-state index contributed by atoms with van der Waals surface area (Å²) in [6.07, 6.45) is 0. The van der Waals surface area contributed by atoms with Gasteiger partial charge in [0.25, 0.3) is 0 Å². The van der Waals surface area contributed by atoms with Crippen molar-refractivity contribution in [3.8, 4) is 0 Å². The van der Waals surface area contributed by atoms with E-state index >= 15 is 0 Å². The highest BCUT2D eigenvalue weighted by molar-refractivity contribution is 6.33. The predicted molar refractivity (Wildman–Crippen MR) is 61.2 cm³/mol. The fourth-order valence-electron chi connectivity index (χ4n) is 1.49. The molecule has 2 amide bonds. The summed E-state index contributed by atoms with van der Waals surface area (Å²) >= 11 is 5.78. The topological polar surface area (TPSA) is 75.4 Å². The number of nitrogens with zero attached hydrogens (tertiary/aromatic N) is 1. The van der Waals surface area contributed by atoms with Crippen LogP contribution in [0, 0.1) is 0 Å². The van der Waals surface area contributed by atoms with Gasteiger partial charge < -0.3 is 16.0 Å². The zero-order valence-electron chi connectivity index (χ0n) is 8.37. The summed E-state index contributed by atoms with van der Waals surface area (Å²) in [5.41, 5.74) is 6.61. The van der Waals surface area contributed by atoms with Crippen molar-refractivity contribution in [1.29, 1.82) is 0 Å². The van der Waals surface area contributed by atoms with Crippen molar-refractivity contribution >= 4 is 34.8 Å². The molecule has 1 fully saturated rings. The molecule has 0 radical (unpaired) electrons. The summed E-state index contributed by atoms with van der Waals surface area (Å²) in [4.78, 5) is 24.1. The first kappa shape index (κ1) is 10.8. The van der Waals surface area contributed by atoms with Crippen LogP contribution in [0.15, 0.2) is 18.2 Å². The van der Waals surface area contributed by atoms with Crippen LogP contribution in [-0.4, -0.2) is 24.9 Å². The zero-order valence-corrected chi connectivity index (χ0v) is 9.12. The summed E-state index contributed by atoms with van der Waals surface area (Å²) in [5, 5.41) is 2.90. The summed E-state index contributed by atoms with van der Waals surface area (Å²) in [6, 6.07) is 4.85. The quantitative estimate of drug-likeness (QED) is 0.696. The Morgan fingerprint density at radius 3 is 2.81 bits per heavy atom. The molecule has 1 aromatic carbocycles. The number of hydrogen-bond donors (Lipinski definition) is 2. The third kappa shape index (κ3) is 1.94. The molecular formula is C10H10ClN3O2. The zero-order chi connectivity index (χ0) is 11.7. The molecule has 3 N–H and O–H groups in total. The Bertz CT molecular complexity index is 461. The van der Waals surface area contributed by atoms with Crippen molar-refractivity contribution in [3.05, 3.63) is 23.2 Å². The SMILES string of the molecule is Nc1cc(N2CC(=O)NCC2=O)ccc1Cl. The molecule has 0 saturated carbocycles. The van der Waals surface area contributed by atoms with Crippen molar-refractivity contribution in [1.82, 2.24) is 5.32 Å². The third-order valence-corrected chi connectivity index (χ3v) is 2.68. The van der Waals surface area contributed by atoms with Crippen molar-refractivity contribution < 1.29 is 9.59 Å². The highest BCUT2D eigenvalue weighted by atomic mass is 35.5. The average Bonchev–Trinajstić information content (AvgIpc) is 2.26. The normalized spacial score (nSPS) is 16.2. The fraction of sp³-hybridized carbons (Fsp3) is 0.200. The van der Waals surface area contributed by atoms with Crippen LogP contribution in [0.5, 0.6) is 0 Å². The van der Waals surface area contributed by atoms with Gasteiger partial charge in [-0.25, -0.2) is 0 Å². The minimum atomic E-state index is -0.187. The molecule has 1 heterocycles. The van der Waals surface area contributed by atoms with Crippen molar-refractivity contribution in [2.75, 3.05) is 23.7 Å². The number of carbonyl (C=O) groups is 2. The maximum atomic E-state index is 11.6. The number of nitrogens with one attached hydrogen (secondary N) is 1. The minimum absolute atomic E-state index is 0.0138. The van der Waals surface area contributed by atoms with Crippen LogP contribution < -0.4 is 16.0 Å².